The number of carboxylic acids is 1. The van der Waals surface area contributed by atoms with Crippen molar-refractivity contribution in [1.29, 1.82) is 0 Å². The highest BCUT2D eigenvalue weighted by atomic mass is 19.4. The number of Topliss-reactive ketones (excluding diaryl/α,β-unsaturated/α-hetero) is 1. The highest BCUT2D eigenvalue weighted by molar-refractivity contribution is 6.42. The molecule has 136 valence electrons. The van der Waals surface area contributed by atoms with Crippen LogP contribution in [0.3, 0.4) is 0 Å². The standard InChI is InChI=1S/C17H18F3NO4/c1-7-10(13(22)15(23)24)11-9(21-7)6-8(16(2,3)4)14(25-5)12(11)17(18,19)20/h6,21H,1-5H3,(H,23,24)/p-1. The number of carbonyl (C=O) groups excluding carboxylic acids is 2. The summed E-state index contributed by atoms with van der Waals surface area (Å²) in [7, 11) is 1.10. The second-order valence-corrected chi connectivity index (χ2v) is 6.74. The van der Waals surface area contributed by atoms with Gasteiger partial charge in [0.2, 0.25) is 5.78 Å². The third-order valence-corrected chi connectivity index (χ3v) is 3.93. The van der Waals surface area contributed by atoms with Crippen LogP contribution in [0, 0.1) is 6.92 Å². The number of fused-ring (bicyclic) bond motifs is 1. The van der Waals surface area contributed by atoms with Crippen LogP contribution >= 0.6 is 0 Å². The number of ether oxygens (including phenoxy) is 1. The van der Waals surface area contributed by atoms with Crippen LogP contribution in [-0.4, -0.2) is 23.8 Å². The Hall–Kier alpha value is -2.51. The van der Waals surface area contributed by atoms with E-state index in [1.54, 1.807) is 20.8 Å². The molecule has 0 saturated carbocycles. The molecule has 0 saturated heterocycles. The number of aromatic nitrogens is 1. The number of ketones is 1. The molecule has 1 N–H and O–H groups in total. The van der Waals surface area contributed by atoms with E-state index < -0.39 is 45.6 Å². The molecule has 0 aliphatic heterocycles. The Labute approximate surface area is 141 Å². The number of aliphatic carboxylic acids is 1. The molecule has 0 amide bonds. The number of hydrogen-bond acceptors (Lipinski definition) is 4. The Morgan fingerprint density at radius 2 is 1.76 bits per heavy atom. The van der Waals surface area contributed by atoms with Gasteiger partial charge in [-0.2, -0.15) is 13.2 Å². The first-order valence-electron chi connectivity index (χ1n) is 7.37. The Kier molecular flexibility index (Phi) is 4.36. The molecular formula is C17H17F3NO4-. The van der Waals surface area contributed by atoms with Gasteiger partial charge in [0.15, 0.2) is 0 Å². The smallest absolute Gasteiger partial charge is 0.420 e. The molecule has 1 aromatic carbocycles. The van der Waals surface area contributed by atoms with Crippen molar-refractivity contribution in [3.63, 3.8) is 0 Å². The average molecular weight is 356 g/mol. The van der Waals surface area contributed by atoms with E-state index in [2.05, 4.69) is 4.98 Å². The summed E-state index contributed by atoms with van der Waals surface area (Å²) in [6.07, 6.45) is -4.86. The van der Waals surface area contributed by atoms with Gasteiger partial charge in [-0.1, -0.05) is 20.8 Å². The van der Waals surface area contributed by atoms with Crippen LogP contribution in [0.1, 0.15) is 48.0 Å². The summed E-state index contributed by atoms with van der Waals surface area (Å²) in [5.41, 5.74) is -2.11. The van der Waals surface area contributed by atoms with Crippen molar-refractivity contribution < 1.29 is 32.6 Å². The van der Waals surface area contributed by atoms with Crippen molar-refractivity contribution in [1.82, 2.24) is 4.98 Å². The first-order chi connectivity index (χ1) is 11.3. The third-order valence-electron chi connectivity index (χ3n) is 3.93. The predicted molar refractivity (Wildman–Crippen MR) is 82.6 cm³/mol. The molecule has 0 aliphatic rings. The Bertz CT molecular complexity index is 873. The second-order valence-electron chi connectivity index (χ2n) is 6.74. The van der Waals surface area contributed by atoms with E-state index in [4.69, 9.17) is 4.74 Å². The molecule has 0 bridgehead atoms. The summed E-state index contributed by atoms with van der Waals surface area (Å²) < 4.78 is 46.5. The Morgan fingerprint density at radius 3 is 2.16 bits per heavy atom. The number of nitrogens with one attached hydrogen (secondary N) is 1. The molecule has 2 rings (SSSR count). The third kappa shape index (κ3) is 3.08. The molecule has 1 aromatic heterocycles. The summed E-state index contributed by atoms with van der Waals surface area (Å²) in [5, 5.41) is 10.4. The van der Waals surface area contributed by atoms with E-state index in [1.807, 2.05) is 0 Å². The molecule has 1 heterocycles. The lowest BCUT2D eigenvalue weighted by atomic mass is 9.83. The molecular weight excluding hydrogens is 339 g/mol. The zero-order valence-electron chi connectivity index (χ0n) is 14.3. The number of carbonyl (C=O) groups is 2. The number of aryl methyl sites for hydroxylation is 1. The molecule has 0 aliphatic carbocycles. The van der Waals surface area contributed by atoms with Crippen LogP contribution in [0.25, 0.3) is 10.9 Å². The van der Waals surface area contributed by atoms with Gasteiger partial charge in [0.25, 0.3) is 0 Å². The van der Waals surface area contributed by atoms with Crippen LogP contribution in [0.4, 0.5) is 13.2 Å². The number of hydrogen-bond donors (Lipinski definition) is 1. The zero-order valence-corrected chi connectivity index (χ0v) is 14.3. The average Bonchev–Trinajstić information content (AvgIpc) is 2.77. The fourth-order valence-electron chi connectivity index (χ4n) is 2.90. The van der Waals surface area contributed by atoms with Crippen molar-refractivity contribution in [2.24, 2.45) is 0 Å². The number of aromatic amines is 1. The number of halogens is 3. The quantitative estimate of drug-likeness (QED) is 0.677. The molecule has 2 aromatic rings. The first kappa shape index (κ1) is 18.8. The fourth-order valence-corrected chi connectivity index (χ4v) is 2.90. The summed E-state index contributed by atoms with van der Waals surface area (Å²) in [6.45, 7) is 6.50. The summed E-state index contributed by atoms with van der Waals surface area (Å²) in [5.74, 6) is -4.02. The van der Waals surface area contributed by atoms with Gasteiger partial charge in [-0.05, 0) is 18.4 Å². The van der Waals surface area contributed by atoms with Gasteiger partial charge < -0.3 is 19.6 Å². The molecule has 0 radical (unpaired) electrons. The molecule has 5 nitrogen and oxygen atoms in total. The van der Waals surface area contributed by atoms with Gasteiger partial charge in [-0.15, -0.1) is 0 Å². The maximum Gasteiger partial charge on any atom is 0.420 e. The molecule has 0 fully saturated rings. The van der Waals surface area contributed by atoms with Crippen LogP contribution < -0.4 is 9.84 Å². The number of alkyl halides is 3. The maximum absolute atomic E-state index is 13.8. The van der Waals surface area contributed by atoms with Gasteiger partial charge >= 0.3 is 6.18 Å². The SMILES string of the molecule is COc1c(C(C)(C)C)cc2[nH]c(C)c(C(=O)C(=O)[O-])c2c1C(F)(F)F. The lowest BCUT2D eigenvalue weighted by Gasteiger charge is -2.25. The zero-order chi connectivity index (χ0) is 19.3. The lowest BCUT2D eigenvalue weighted by Crippen LogP contribution is -2.32. The van der Waals surface area contributed by atoms with Crippen LogP contribution in [0.2, 0.25) is 0 Å². The Balaban J connectivity index is 3.11. The van der Waals surface area contributed by atoms with Crippen LogP contribution in [0.15, 0.2) is 6.07 Å². The van der Waals surface area contributed by atoms with Crippen molar-refractivity contribution in [3.05, 3.63) is 28.5 Å². The number of carboxylic acid groups (broad SMARTS) is 1. The normalized spacial score (nSPS) is 12.5. The summed E-state index contributed by atoms with van der Waals surface area (Å²) >= 11 is 0. The molecule has 8 heteroatoms. The number of benzene rings is 1. The minimum Gasteiger partial charge on any atom is -0.541 e. The van der Waals surface area contributed by atoms with Gasteiger partial charge in [0.1, 0.15) is 17.3 Å². The number of methoxy groups -OCH3 is 1. The van der Waals surface area contributed by atoms with Crippen LogP contribution in [0.5, 0.6) is 5.75 Å². The van der Waals surface area contributed by atoms with Crippen molar-refractivity contribution in [3.8, 4) is 5.75 Å². The minimum atomic E-state index is -4.86. The minimum absolute atomic E-state index is 0.0140. The Morgan fingerprint density at radius 1 is 1.20 bits per heavy atom. The predicted octanol–water partition coefficient (Wildman–Crippen LogP) is 2.73. The second kappa shape index (κ2) is 5.79. The molecule has 0 spiro atoms. The topological polar surface area (TPSA) is 82.2 Å². The summed E-state index contributed by atoms with van der Waals surface area (Å²) in [4.78, 5) is 25.5. The maximum atomic E-state index is 13.8. The van der Waals surface area contributed by atoms with E-state index in [1.165, 1.54) is 13.0 Å². The highest BCUT2D eigenvalue weighted by Crippen LogP contribution is 2.47. The van der Waals surface area contributed by atoms with E-state index in [0.717, 1.165) is 7.11 Å². The largest absolute Gasteiger partial charge is 0.541 e. The van der Waals surface area contributed by atoms with Crippen LogP contribution in [-0.2, 0) is 16.4 Å². The lowest BCUT2D eigenvalue weighted by molar-refractivity contribution is -0.296. The van der Waals surface area contributed by atoms with Gasteiger partial charge in [0.05, 0.1) is 12.7 Å². The van der Waals surface area contributed by atoms with Crippen molar-refractivity contribution >= 4 is 22.7 Å². The number of H-pyrrole nitrogens is 1. The molecule has 25 heavy (non-hydrogen) atoms. The van der Waals surface area contributed by atoms with E-state index in [0.29, 0.717) is 0 Å². The van der Waals surface area contributed by atoms with Crippen molar-refractivity contribution in [2.75, 3.05) is 7.11 Å². The first-order valence-corrected chi connectivity index (χ1v) is 7.37. The molecule has 0 atom stereocenters. The molecule has 0 unspecified atom stereocenters. The van der Waals surface area contributed by atoms with E-state index in [-0.39, 0.29) is 16.8 Å². The van der Waals surface area contributed by atoms with E-state index in [9.17, 15) is 27.9 Å². The fraction of sp³-hybridized carbons (Fsp3) is 0.412. The van der Waals surface area contributed by atoms with Gasteiger partial charge in [0, 0.05) is 22.2 Å². The highest BCUT2D eigenvalue weighted by Gasteiger charge is 2.41. The van der Waals surface area contributed by atoms with Gasteiger partial charge in [-0.25, -0.2) is 0 Å². The van der Waals surface area contributed by atoms with E-state index >= 15 is 0 Å². The number of rotatable bonds is 3. The van der Waals surface area contributed by atoms with Gasteiger partial charge in [-0.3, -0.25) is 4.79 Å². The summed E-state index contributed by atoms with van der Waals surface area (Å²) in [6, 6.07) is 1.45. The monoisotopic (exact) mass is 356 g/mol. The van der Waals surface area contributed by atoms with Crippen molar-refractivity contribution in [2.45, 2.75) is 39.3 Å².